The zero-order chi connectivity index (χ0) is 13.2. The molecule has 3 aliphatic rings. The Kier molecular flexibility index (Phi) is 4.37. The molecule has 2 aliphatic carbocycles. The Balaban J connectivity index is 1.63. The van der Waals surface area contributed by atoms with Crippen molar-refractivity contribution in [2.75, 3.05) is 31.6 Å². The lowest BCUT2D eigenvalue weighted by Gasteiger charge is -2.29. The molecule has 1 amide bonds. The summed E-state index contributed by atoms with van der Waals surface area (Å²) in [6, 6.07) is 0.0354. The zero-order valence-corrected chi connectivity index (χ0v) is 12.8. The van der Waals surface area contributed by atoms with Crippen LogP contribution in [-0.4, -0.2) is 48.5 Å². The Morgan fingerprint density at radius 1 is 1.37 bits per heavy atom. The predicted molar refractivity (Wildman–Crippen MR) is 80.3 cm³/mol. The van der Waals surface area contributed by atoms with Crippen LogP contribution in [-0.2, 0) is 4.79 Å². The normalized spacial score (nSPS) is 39.4. The molecule has 4 atom stereocenters. The van der Waals surface area contributed by atoms with E-state index in [4.69, 9.17) is 0 Å². The molecule has 4 heteroatoms. The molecule has 0 aromatic carbocycles. The van der Waals surface area contributed by atoms with Gasteiger partial charge in [0.25, 0.3) is 0 Å². The van der Waals surface area contributed by atoms with E-state index in [1.54, 1.807) is 0 Å². The molecule has 2 bridgehead atoms. The van der Waals surface area contributed by atoms with Crippen molar-refractivity contribution in [3.8, 4) is 0 Å². The molecule has 0 aromatic heterocycles. The Hall–Kier alpha value is -0.220. The summed E-state index contributed by atoms with van der Waals surface area (Å²) >= 11 is 1.91. The minimum Gasteiger partial charge on any atom is -0.340 e. The van der Waals surface area contributed by atoms with Crippen molar-refractivity contribution >= 4 is 17.7 Å². The standard InChI is InChI=1S/C15H26N2OS/c1-16-14-10-19-6-5-17(15(14)18)9-13-8-11-3-2-4-12(13)7-11/h11-14,16H,2-10H2,1H3. The first kappa shape index (κ1) is 13.7. The number of nitrogens with one attached hydrogen (secondary N) is 1. The van der Waals surface area contributed by atoms with Crippen LogP contribution in [0.4, 0.5) is 0 Å². The van der Waals surface area contributed by atoms with Crippen molar-refractivity contribution in [3.63, 3.8) is 0 Å². The van der Waals surface area contributed by atoms with Crippen molar-refractivity contribution in [1.29, 1.82) is 0 Å². The highest BCUT2D eigenvalue weighted by molar-refractivity contribution is 7.99. The maximum Gasteiger partial charge on any atom is 0.240 e. The van der Waals surface area contributed by atoms with E-state index in [-0.39, 0.29) is 6.04 Å². The van der Waals surface area contributed by atoms with Gasteiger partial charge in [0.05, 0.1) is 6.04 Å². The predicted octanol–water partition coefficient (Wildman–Crippen LogP) is 1.98. The molecule has 1 heterocycles. The van der Waals surface area contributed by atoms with Gasteiger partial charge in [-0.05, 0) is 37.6 Å². The molecule has 1 N–H and O–H groups in total. The molecule has 2 saturated carbocycles. The van der Waals surface area contributed by atoms with Crippen molar-refractivity contribution in [3.05, 3.63) is 0 Å². The number of likely N-dealkylation sites (N-methyl/N-ethyl adjacent to an activating group) is 1. The van der Waals surface area contributed by atoms with Crippen molar-refractivity contribution in [1.82, 2.24) is 10.2 Å². The van der Waals surface area contributed by atoms with Crippen molar-refractivity contribution in [2.24, 2.45) is 17.8 Å². The summed E-state index contributed by atoms with van der Waals surface area (Å²) in [6.07, 6.45) is 7.10. The summed E-state index contributed by atoms with van der Waals surface area (Å²) in [7, 11) is 1.91. The van der Waals surface area contributed by atoms with Crippen molar-refractivity contribution < 1.29 is 4.79 Å². The molecule has 19 heavy (non-hydrogen) atoms. The van der Waals surface area contributed by atoms with Gasteiger partial charge in [-0.15, -0.1) is 0 Å². The largest absolute Gasteiger partial charge is 0.340 e. The number of nitrogens with zero attached hydrogens (tertiary/aromatic N) is 1. The van der Waals surface area contributed by atoms with E-state index in [1.165, 1.54) is 32.1 Å². The number of rotatable bonds is 3. The molecule has 3 rings (SSSR count). The van der Waals surface area contributed by atoms with E-state index >= 15 is 0 Å². The van der Waals surface area contributed by atoms with Crippen LogP contribution in [0, 0.1) is 17.8 Å². The number of carbonyl (C=O) groups excluding carboxylic acids is 1. The Morgan fingerprint density at radius 2 is 2.26 bits per heavy atom. The van der Waals surface area contributed by atoms with Gasteiger partial charge in [0, 0.05) is 24.6 Å². The van der Waals surface area contributed by atoms with Crippen LogP contribution < -0.4 is 5.32 Å². The van der Waals surface area contributed by atoms with Crippen LogP contribution in [0.25, 0.3) is 0 Å². The van der Waals surface area contributed by atoms with E-state index in [1.807, 2.05) is 18.8 Å². The van der Waals surface area contributed by atoms with Gasteiger partial charge in [-0.25, -0.2) is 0 Å². The Labute approximate surface area is 120 Å². The first-order valence-corrected chi connectivity index (χ1v) is 8.97. The lowest BCUT2D eigenvalue weighted by atomic mass is 9.87. The van der Waals surface area contributed by atoms with Crippen LogP contribution in [0.1, 0.15) is 32.1 Å². The van der Waals surface area contributed by atoms with E-state index in [2.05, 4.69) is 10.2 Å². The minimum absolute atomic E-state index is 0.0354. The zero-order valence-electron chi connectivity index (χ0n) is 11.9. The summed E-state index contributed by atoms with van der Waals surface area (Å²) in [5.41, 5.74) is 0. The molecule has 4 unspecified atom stereocenters. The van der Waals surface area contributed by atoms with Crippen LogP contribution in [0.2, 0.25) is 0 Å². The first-order valence-electron chi connectivity index (χ1n) is 7.81. The van der Waals surface area contributed by atoms with Gasteiger partial charge in [0.2, 0.25) is 5.91 Å². The number of hydrogen-bond acceptors (Lipinski definition) is 3. The smallest absolute Gasteiger partial charge is 0.240 e. The third-order valence-electron chi connectivity index (χ3n) is 5.33. The second kappa shape index (κ2) is 6.04. The fourth-order valence-corrected chi connectivity index (χ4v) is 5.33. The average Bonchev–Trinajstić information content (AvgIpc) is 2.59. The van der Waals surface area contributed by atoms with Crippen molar-refractivity contribution in [2.45, 2.75) is 38.1 Å². The summed E-state index contributed by atoms with van der Waals surface area (Å²) in [5, 5.41) is 3.18. The number of hydrogen-bond donors (Lipinski definition) is 1. The average molecular weight is 282 g/mol. The highest BCUT2D eigenvalue weighted by Crippen LogP contribution is 2.46. The molecular weight excluding hydrogens is 256 g/mol. The Bertz CT molecular complexity index is 336. The van der Waals surface area contributed by atoms with E-state index in [9.17, 15) is 4.79 Å². The molecule has 0 spiro atoms. The molecule has 3 fully saturated rings. The molecular formula is C15H26N2OS. The molecule has 108 valence electrons. The van der Waals surface area contributed by atoms with E-state index < -0.39 is 0 Å². The summed E-state index contributed by atoms with van der Waals surface area (Å²) in [6.45, 7) is 1.98. The maximum absolute atomic E-state index is 12.5. The van der Waals surface area contributed by atoms with Gasteiger partial charge in [0.15, 0.2) is 0 Å². The van der Waals surface area contributed by atoms with Gasteiger partial charge in [-0.1, -0.05) is 19.3 Å². The lowest BCUT2D eigenvalue weighted by Crippen LogP contribution is -2.47. The Morgan fingerprint density at radius 3 is 3.05 bits per heavy atom. The second-order valence-corrected chi connectivity index (χ2v) is 7.64. The fraction of sp³-hybridized carbons (Fsp3) is 0.933. The SMILES string of the molecule is CNC1CSCCN(CC2CC3CCCC2C3)C1=O. The van der Waals surface area contributed by atoms with E-state index in [0.29, 0.717) is 5.91 Å². The second-order valence-electron chi connectivity index (χ2n) is 6.49. The third-order valence-corrected chi connectivity index (χ3v) is 6.37. The quantitative estimate of drug-likeness (QED) is 0.859. The molecule has 1 aliphatic heterocycles. The van der Waals surface area contributed by atoms with Gasteiger partial charge >= 0.3 is 0 Å². The number of fused-ring (bicyclic) bond motifs is 2. The minimum atomic E-state index is 0.0354. The molecule has 0 aromatic rings. The highest BCUT2D eigenvalue weighted by atomic mass is 32.2. The highest BCUT2D eigenvalue weighted by Gasteiger charge is 2.39. The first-order chi connectivity index (χ1) is 9.28. The molecule has 3 nitrogen and oxygen atoms in total. The maximum atomic E-state index is 12.5. The van der Waals surface area contributed by atoms with Crippen LogP contribution >= 0.6 is 11.8 Å². The monoisotopic (exact) mass is 282 g/mol. The molecule has 1 saturated heterocycles. The number of thioether (sulfide) groups is 1. The van der Waals surface area contributed by atoms with Gasteiger partial charge in [-0.2, -0.15) is 11.8 Å². The van der Waals surface area contributed by atoms with Crippen LogP contribution in [0.3, 0.4) is 0 Å². The van der Waals surface area contributed by atoms with Gasteiger partial charge < -0.3 is 10.2 Å². The molecule has 0 radical (unpaired) electrons. The fourth-order valence-electron chi connectivity index (χ4n) is 4.27. The summed E-state index contributed by atoms with van der Waals surface area (Å²) in [5.74, 6) is 5.05. The number of carbonyl (C=O) groups is 1. The topological polar surface area (TPSA) is 32.3 Å². The van der Waals surface area contributed by atoms with Crippen LogP contribution in [0.15, 0.2) is 0 Å². The lowest BCUT2D eigenvalue weighted by molar-refractivity contribution is -0.133. The number of amides is 1. The van der Waals surface area contributed by atoms with Gasteiger partial charge in [0.1, 0.15) is 0 Å². The third kappa shape index (κ3) is 2.94. The summed E-state index contributed by atoms with van der Waals surface area (Å²) < 4.78 is 0. The van der Waals surface area contributed by atoms with E-state index in [0.717, 1.165) is 42.3 Å². The summed E-state index contributed by atoms with van der Waals surface area (Å²) in [4.78, 5) is 14.7. The van der Waals surface area contributed by atoms with Crippen LogP contribution in [0.5, 0.6) is 0 Å². The van der Waals surface area contributed by atoms with Gasteiger partial charge in [-0.3, -0.25) is 4.79 Å².